The van der Waals surface area contributed by atoms with Gasteiger partial charge in [-0.05, 0) is 69.5 Å². The van der Waals surface area contributed by atoms with Crippen LogP contribution in [-0.2, 0) is 6.61 Å². The van der Waals surface area contributed by atoms with Gasteiger partial charge in [-0.1, -0.05) is 12.1 Å². The van der Waals surface area contributed by atoms with Crippen molar-refractivity contribution in [1.82, 2.24) is 5.43 Å². The molecule has 0 atom stereocenters. The van der Waals surface area contributed by atoms with Gasteiger partial charge in [0.15, 0.2) is 5.76 Å². The van der Waals surface area contributed by atoms with Gasteiger partial charge in [0.2, 0.25) is 0 Å². The van der Waals surface area contributed by atoms with Crippen LogP contribution in [0, 0.1) is 15.9 Å². The molecule has 0 bridgehead atoms. The van der Waals surface area contributed by atoms with E-state index in [9.17, 15) is 19.3 Å². The SMILES string of the molecule is O=C(N/N=C/c1ccc(OCc2cccc(F)c2)c(Br)c1)c1cc2cc([N+](=O)[O-])ccc2o1. The van der Waals surface area contributed by atoms with Crippen LogP contribution >= 0.6 is 15.9 Å². The molecule has 3 aromatic carbocycles. The van der Waals surface area contributed by atoms with Gasteiger partial charge >= 0.3 is 5.91 Å². The van der Waals surface area contributed by atoms with Crippen LogP contribution in [0.2, 0.25) is 0 Å². The highest BCUT2D eigenvalue weighted by molar-refractivity contribution is 9.10. The third-order valence-electron chi connectivity index (χ3n) is 4.55. The summed E-state index contributed by atoms with van der Waals surface area (Å²) in [6.45, 7) is 0.209. The van der Waals surface area contributed by atoms with Gasteiger partial charge in [-0.3, -0.25) is 14.9 Å². The molecule has 8 nitrogen and oxygen atoms in total. The normalized spacial score (nSPS) is 11.1. The highest BCUT2D eigenvalue weighted by Crippen LogP contribution is 2.27. The predicted molar refractivity (Wildman–Crippen MR) is 123 cm³/mol. The fourth-order valence-electron chi connectivity index (χ4n) is 2.98. The number of carbonyl (C=O) groups is 1. The second-order valence-electron chi connectivity index (χ2n) is 6.90. The average Bonchev–Trinajstić information content (AvgIpc) is 3.22. The molecule has 1 N–H and O–H groups in total. The predicted octanol–water partition coefficient (Wildman–Crippen LogP) is 5.59. The summed E-state index contributed by atoms with van der Waals surface area (Å²) < 4.78 is 25.0. The molecule has 0 saturated heterocycles. The number of nitro benzene ring substituents is 1. The van der Waals surface area contributed by atoms with E-state index in [-0.39, 0.29) is 23.9 Å². The topological polar surface area (TPSA) is 107 Å². The van der Waals surface area contributed by atoms with E-state index >= 15 is 0 Å². The number of hydrazone groups is 1. The minimum absolute atomic E-state index is 0.0232. The standard InChI is InChI=1S/C23H15BrFN3O5/c24-19-9-14(4-6-21(19)32-13-15-2-1-3-17(25)8-15)12-26-27-23(29)22-11-16-10-18(28(30)31)5-7-20(16)33-22/h1-12H,13H2,(H,27,29)/b26-12+. The number of nitro groups is 1. The molecular weight excluding hydrogens is 497 g/mol. The lowest BCUT2D eigenvalue weighted by atomic mass is 10.2. The number of benzene rings is 3. The van der Waals surface area contributed by atoms with Crippen molar-refractivity contribution in [1.29, 1.82) is 0 Å². The summed E-state index contributed by atoms with van der Waals surface area (Å²) in [4.78, 5) is 22.6. The van der Waals surface area contributed by atoms with Crippen molar-refractivity contribution in [3.05, 3.63) is 104 Å². The third kappa shape index (κ3) is 5.42. The summed E-state index contributed by atoms with van der Waals surface area (Å²) in [5.74, 6) is -0.381. The number of non-ortho nitro benzene ring substituents is 1. The Hall–Kier alpha value is -4.05. The van der Waals surface area contributed by atoms with Crippen LogP contribution in [-0.4, -0.2) is 17.0 Å². The molecule has 0 unspecified atom stereocenters. The fraction of sp³-hybridized carbons (Fsp3) is 0.0435. The summed E-state index contributed by atoms with van der Waals surface area (Å²) in [7, 11) is 0. The van der Waals surface area contributed by atoms with E-state index in [0.29, 0.717) is 32.3 Å². The summed E-state index contributed by atoms with van der Waals surface area (Å²) in [6, 6.07) is 16.8. The maximum absolute atomic E-state index is 13.3. The van der Waals surface area contributed by atoms with Crippen molar-refractivity contribution in [3.63, 3.8) is 0 Å². The van der Waals surface area contributed by atoms with Crippen LogP contribution in [0.15, 0.2) is 80.7 Å². The van der Waals surface area contributed by atoms with Crippen LogP contribution in [0.1, 0.15) is 21.7 Å². The van der Waals surface area contributed by atoms with Gasteiger partial charge in [0, 0.05) is 17.5 Å². The van der Waals surface area contributed by atoms with Crippen molar-refractivity contribution < 1.29 is 23.3 Å². The van der Waals surface area contributed by atoms with E-state index in [0.717, 1.165) is 0 Å². The molecule has 166 valence electrons. The molecular formula is C23H15BrFN3O5. The summed E-state index contributed by atoms with van der Waals surface area (Å²) >= 11 is 3.42. The Balaban J connectivity index is 1.37. The minimum atomic E-state index is -0.598. The molecule has 4 rings (SSSR count). The minimum Gasteiger partial charge on any atom is -0.488 e. The molecule has 0 spiro atoms. The number of hydrogen-bond acceptors (Lipinski definition) is 6. The first-order valence-electron chi connectivity index (χ1n) is 9.57. The quantitative estimate of drug-likeness (QED) is 0.198. The van der Waals surface area contributed by atoms with E-state index < -0.39 is 10.8 Å². The average molecular weight is 512 g/mol. The lowest BCUT2D eigenvalue weighted by Gasteiger charge is -2.09. The van der Waals surface area contributed by atoms with Crippen LogP contribution < -0.4 is 10.2 Å². The number of halogens is 2. The molecule has 1 aromatic heterocycles. The lowest BCUT2D eigenvalue weighted by molar-refractivity contribution is -0.384. The van der Waals surface area contributed by atoms with Gasteiger partial charge in [-0.2, -0.15) is 5.10 Å². The van der Waals surface area contributed by atoms with Gasteiger partial charge in [0.1, 0.15) is 23.8 Å². The lowest BCUT2D eigenvalue weighted by Crippen LogP contribution is -2.16. The van der Waals surface area contributed by atoms with Crippen LogP contribution in [0.25, 0.3) is 11.0 Å². The number of amides is 1. The molecule has 4 aromatic rings. The Bertz CT molecular complexity index is 1390. The molecule has 0 aliphatic rings. The largest absolute Gasteiger partial charge is 0.488 e. The number of carbonyl (C=O) groups excluding carboxylic acids is 1. The number of fused-ring (bicyclic) bond motifs is 1. The van der Waals surface area contributed by atoms with Gasteiger partial charge in [0.05, 0.1) is 15.6 Å². The fourth-order valence-corrected chi connectivity index (χ4v) is 3.49. The second kappa shape index (κ2) is 9.61. The first kappa shape index (κ1) is 22.2. The number of nitrogens with one attached hydrogen (secondary N) is 1. The van der Waals surface area contributed by atoms with Gasteiger partial charge < -0.3 is 9.15 Å². The number of ether oxygens (including phenoxy) is 1. The van der Waals surface area contributed by atoms with E-state index in [1.165, 1.54) is 42.6 Å². The molecule has 10 heteroatoms. The molecule has 0 radical (unpaired) electrons. The number of nitrogens with zero attached hydrogens (tertiary/aromatic N) is 2. The number of rotatable bonds is 7. The van der Waals surface area contributed by atoms with Gasteiger partial charge in [-0.15, -0.1) is 0 Å². The Morgan fingerprint density at radius 2 is 2.03 bits per heavy atom. The van der Waals surface area contributed by atoms with Crippen LogP contribution in [0.3, 0.4) is 0 Å². The number of hydrogen-bond donors (Lipinski definition) is 1. The molecule has 0 aliphatic heterocycles. The first-order valence-corrected chi connectivity index (χ1v) is 10.4. The van der Waals surface area contributed by atoms with Crippen LogP contribution in [0.5, 0.6) is 5.75 Å². The van der Waals surface area contributed by atoms with E-state index in [4.69, 9.17) is 9.15 Å². The molecule has 1 heterocycles. The van der Waals surface area contributed by atoms with Crippen molar-refractivity contribution >= 4 is 44.7 Å². The van der Waals surface area contributed by atoms with Crippen molar-refractivity contribution in [2.45, 2.75) is 6.61 Å². The Morgan fingerprint density at radius 3 is 2.79 bits per heavy atom. The highest BCUT2D eigenvalue weighted by atomic mass is 79.9. The Morgan fingerprint density at radius 1 is 1.18 bits per heavy atom. The van der Waals surface area contributed by atoms with Crippen molar-refractivity contribution in [2.24, 2.45) is 5.10 Å². The van der Waals surface area contributed by atoms with Gasteiger partial charge in [-0.25, -0.2) is 9.82 Å². The summed E-state index contributed by atoms with van der Waals surface area (Å²) in [5.41, 5.74) is 4.00. The van der Waals surface area contributed by atoms with Crippen molar-refractivity contribution in [3.8, 4) is 5.75 Å². The smallest absolute Gasteiger partial charge is 0.307 e. The monoisotopic (exact) mass is 511 g/mol. The molecule has 0 saturated carbocycles. The second-order valence-corrected chi connectivity index (χ2v) is 7.75. The molecule has 33 heavy (non-hydrogen) atoms. The summed E-state index contributed by atoms with van der Waals surface area (Å²) in [5, 5.41) is 15.2. The Kier molecular flexibility index (Phi) is 6.45. The molecule has 0 fully saturated rings. The van der Waals surface area contributed by atoms with Crippen LogP contribution in [0.4, 0.5) is 10.1 Å². The first-order chi connectivity index (χ1) is 15.9. The maximum Gasteiger partial charge on any atom is 0.307 e. The zero-order valence-corrected chi connectivity index (χ0v) is 18.4. The number of furan rings is 1. The Labute approximate surface area is 194 Å². The van der Waals surface area contributed by atoms with Crippen molar-refractivity contribution in [2.75, 3.05) is 0 Å². The zero-order chi connectivity index (χ0) is 23.4. The van der Waals surface area contributed by atoms with E-state index in [2.05, 4.69) is 26.5 Å². The maximum atomic E-state index is 13.3. The van der Waals surface area contributed by atoms with Gasteiger partial charge in [0.25, 0.3) is 5.69 Å². The third-order valence-corrected chi connectivity index (χ3v) is 5.17. The van der Waals surface area contributed by atoms with E-state index in [1.54, 1.807) is 30.3 Å². The zero-order valence-electron chi connectivity index (χ0n) is 16.8. The molecule has 1 amide bonds. The van der Waals surface area contributed by atoms with E-state index in [1.807, 2.05) is 0 Å². The molecule has 0 aliphatic carbocycles. The highest BCUT2D eigenvalue weighted by Gasteiger charge is 2.14. The summed E-state index contributed by atoms with van der Waals surface area (Å²) in [6.07, 6.45) is 1.44.